The Labute approximate surface area is 213 Å². The number of carbonyl (C=O) groups is 5. The fourth-order valence-electron chi connectivity index (χ4n) is 6.32. The van der Waals surface area contributed by atoms with Crippen molar-refractivity contribution >= 4 is 29.4 Å². The van der Waals surface area contributed by atoms with E-state index in [1.54, 1.807) is 19.1 Å². The Morgan fingerprint density at radius 3 is 2.57 bits per heavy atom. The van der Waals surface area contributed by atoms with Crippen LogP contribution < -0.4 is 4.74 Å². The number of allylic oxidation sites excluding steroid dienone is 6. The number of hydrogen-bond donors (Lipinski definition) is 2. The number of fused-ring (bicyclic) bond motifs is 3. The van der Waals surface area contributed by atoms with Crippen molar-refractivity contribution in [1.82, 2.24) is 4.90 Å². The number of carboxylic acid groups (broad SMARTS) is 1. The molecule has 9 heteroatoms. The van der Waals surface area contributed by atoms with E-state index in [9.17, 15) is 29.1 Å². The highest BCUT2D eigenvalue weighted by molar-refractivity contribution is 6.23. The molecule has 3 aliphatic carbocycles. The standard InChI is InChI=1S/C28H27NO8/c1-13-10-20(31)25-18(26(13)34)12-17-15(23(25)14-5-8-21(37-2)19(30)11-14)6-7-16-24(17)28(36)29(27(16)35)9-3-4-22(32)33/h5-6,8,10-11,16-17,23-24,30H,3-4,7,9,12H2,1-2H3,(H,32,33)/t16-,17+,23-,24-/m0/s1. The van der Waals surface area contributed by atoms with Gasteiger partial charge in [-0.2, -0.15) is 0 Å². The number of Topliss-reactive ketones (excluding diaryl/α,β-unsaturated/α-hetero) is 1. The van der Waals surface area contributed by atoms with Crippen LogP contribution in [0, 0.1) is 17.8 Å². The van der Waals surface area contributed by atoms with E-state index < -0.39 is 29.6 Å². The number of hydrogen-bond acceptors (Lipinski definition) is 7. The molecule has 192 valence electrons. The zero-order valence-electron chi connectivity index (χ0n) is 20.5. The Balaban J connectivity index is 1.58. The zero-order chi connectivity index (χ0) is 26.6. The molecule has 1 aromatic rings. The molecule has 1 heterocycles. The Bertz CT molecular complexity index is 1350. The molecule has 1 aliphatic heterocycles. The van der Waals surface area contributed by atoms with Crippen molar-refractivity contribution in [2.45, 2.75) is 38.5 Å². The summed E-state index contributed by atoms with van der Waals surface area (Å²) in [5.74, 6) is -4.50. The summed E-state index contributed by atoms with van der Waals surface area (Å²) in [7, 11) is 1.43. The molecule has 37 heavy (non-hydrogen) atoms. The van der Waals surface area contributed by atoms with Crippen molar-refractivity contribution in [2.75, 3.05) is 13.7 Å². The number of ketones is 2. The molecule has 4 aliphatic rings. The maximum atomic E-state index is 13.5. The summed E-state index contributed by atoms with van der Waals surface area (Å²) in [6.07, 6.45) is 3.71. The lowest BCUT2D eigenvalue weighted by molar-refractivity contribution is -0.142. The number of rotatable bonds is 6. The first kappa shape index (κ1) is 24.7. The van der Waals surface area contributed by atoms with Crippen LogP contribution in [-0.2, 0) is 24.0 Å². The number of carboxylic acids is 1. The fourth-order valence-corrected chi connectivity index (χ4v) is 6.32. The molecule has 2 amide bonds. The third-order valence-electron chi connectivity index (χ3n) is 7.96. The van der Waals surface area contributed by atoms with Crippen LogP contribution in [0.5, 0.6) is 11.5 Å². The number of phenolic OH excluding ortho intramolecular Hbond substituents is 1. The molecule has 0 bridgehead atoms. The molecule has 1 fully saturated rings. The molecule has 9 nitrogen and oxygen atoms in total. The Morgan fingerprint density at radius 2 is 1.89 bits per heavy atom. The number of methoxy groups -OCH3 is 1. The Kier molecular flexibility index (Phi) is 6.09. The van der Waals surface area contributed by atoms with Gasteiger partial charge >= 0.3 is 5.97 Å². The number of aromatic hydroxyl groups is 1. The minimum absolute atomic E-state index is 0.0298. The predicted molar refractivity (Wildman–Crippen MR) is 130 cm³/mol. The van der Waals surface area contributed by atoms with Crippen molar-refractivity contribution in [3.63, 3.8) is 0 Å². The van der Waals surface area contributed by atoms with E-state index in [0.29, 0.717) is 28.7 Å². The molecule has 0 unspecified atom stereocenters. The number of nitrogens with zero attached hydrogens (tertiary/aromatic N) is 1. The Morgan fingerprint density at radius 1 is 1.14 bits per heavy atom. The maximum absolute atomic E-state index is 13.5. The molecule has 0 spiro atoms. The van der Waals surface area contributed by atoms with Gasteiger partial charge in [0.05, 0.1) is 18.9 Å². The SMILES string of the molecule is COc1ccc([C@H]2C3=CC[C@@H]4C(=O)N(CCCC(=O)O)C(=O)[C@@H]4[C@@H]3CC3=C2C(=O)C=C(C)C3=O)cc1O. The highest BCUT2D eigenvalue weighted by Gasteiger charge is 2.56. The topological polar surface area (TPSA) is 138 Å². The third-order valence-corrected chi connectivity index (χ3v) is 7.96. The number of imide groups is 1. The molecular weight excluding hydrogens is 478 g/mol. The molecule has 0 radical (unpaired) electrons. The summed E-state index contributed by atoms with van der Waals surface area (Å²) in [5, 5.41) is 19.4. The molecular formula is C28H27NO8. The van der Waals surface area contributed by atoms with E-state index in [0.717, 1.165) is 10.5 Å². The molecule has 0 saturated carbocycles. The van der Waals surface area contributed by atoms with Crippen LogP contribution in [0.4, 0.5) is 0 Å². The van der Waals surface area contributed by atoms with Gasteiger partial charge in [-0.3, -0.25) is 28.9 Å². The monoisotopic (exact) mass is 505 g/mol. The highest BCUT2D eigenvalue weighted by Crippen LogP contribution is 2.55. The first-order valence-corrected chi connectivity index (χ1v) is 12.3. The van der Waals surface area contributed by atoms with Crippen LogP contribution in [0.3, 0.4) is 0 Å². The van der Waals surface area contributed by atoms with Crippen molar-refractivity contribution in [2.24, 2.45) is 17.8 Å². The quantitative estimate of drug-likeness (QED) is 0.342. The number of amides is 2. The lowest BCUT2D eigenvalue weighted by atomic mass is 9.59. The highest BCUT2D eigenvalue weighted by atomic mass is 16.5. The molecule has 1 saturated heterocycles. The molecule has 5 rings (SSSR count). The lowest BCUT2D eigenvalue weighted by Crippen LogP contribution is -2.39. The van der Waals surface area contributed by atoms with Crippen molar-refractivity contribution in [3.05, 3.63) is 58.2 Å². The summed E-state index contributed by atoms with van der Waals surface area (Å²) >= 11 is 0. The minimum atomic E-state index is -0.998. The molecule has 0 aromatic heterocycles. The smallest absolute Gasteiger partial charge is 0.303 e. The summed E-state index contributed by atoms with van der Waals surface area (Å²) in [6, 6.07) is 4.82. The average molecular weight is 506 g/mol. The van der Waals surface area contributed by atoms with Gasteiger partial charge < -0.3 is 14.9 Å². The van der Waals surface area contributed by atoms with Gasteiger partial charge in [0.2, 0.25) is 11.8 Å². The van der Waals surface area contributed by atoms with Gasteiger partial charge in [0.25, 0.3) is 0 Å². The van der Waals surface area contributed by atoms with Gasteiger partial charge in [-0.15, -0.1) is 0 Å². The van der Waals surface area contributed by atoms with Gasteiger partial charge in [0.1, 0.15) is 0 Å². The van der Waals surface area contributed by atoms with E-state index in [2.05, 4.69) is 0 Å². The second-order valence-electron chi connectivity index (χ2n) is 9.99. The second-order valence-corrected chi connectivity index (χ2v) is 9.99. The average Bonchev–Trinajstić information content (AvgIpc) is 3.10. The van der Waals surface area contributed by atoms with Crippen molar-refractivity contribution in [3.8, 4) is 11.5 Å². The van der Waals surface area contributed by atoms with Crippen molar-refractivity contribution in [1.29, 1.82) is 0 Å². The lowest BCUT2D eigenvalue weighted by Gasteiger charge is -2.42. The summed E-state index contributed by atoms with van der Waals surface area (Å²) in [6.45, 7) is 1.61. The van der Waals surface area contributed by atoms with Gasteiger partial charge in [-0.05, 0) is 55.9 Å². The number of likely N-dealkylation sites (tertiary alicyclic amines) is 1. The maximum Gasteiger partial charge on any atom is 0.303 e. The van der Waals surface area contributed by atoms with Crippen LogP contribution in [0.1, 0.15) is 44.1 Å². The van der Waals surface area contributed by atoms with Gasteiger partial charge in [0, 0.05) is 35.6 Å². The number of phenols is 1. The van der Waals surface area contributed by atoms with Crippen LogP contribution >= 0.6 is 0 Å². The van der Waals surface area contributed by atoms with E-state index >= 15 is 0 Å². The van der Waals surface area contributed by atoms with E-state index in [1.807, 2.05) is 6.08 Å². The first-order chi connectivity index (χ1) is 17.6. The normalized spacial score (nSPS) is 26.9. The largest absolute Gasteiger partial charge is 0.504 e. The number of aliphatic carboxylic acids is 1. The van der Waals surface area contributed by atoms with Crippen LogP contribution in [-0.4, -0.2) is 58.1 Å². The summed E-state index contributed by atoms with van der Waals surface area (Å²) < 4.78 is 5.16. The van der Waals surface area contributed by atoms with Crippen LogP contribution in [0.25, 0.3) is 0 Å². The zero-order valence-corrected chi connectivity index (χ0v) is 20.5. The summed E-state index contributed by atoms with van der Waals surface area (Å²) in [5.41, 5.74) is 2.38. The number of carbonyl (C=O) groups excluding carboxylic acids is 4. The number of benzene rings is 1. The first-order valence-electron chi connectivity index (χ1n) is 12.3. The fraction of sp³-hybridized carbons (Fsp3) is 0.393. The van der Waals surface area contributed by atoms with Crippen molar-refractivity contribution < 1.29 is 38.9 Å². The van der Waals surface area contributed by atoms with Crippen LogP contribution in [0.2, 0.25) is 0 Å². The van der Waals surface area contributed by atoms with Crippen LogP contribution in [0.15, 0.2) is 52.6 Å². The summed E-state index contributed by atoms with van der Waals surface area (Å²) in [4.78, 5) is 65.3. The van der Waals surface area contributed by atoms with E-state index in [-0.39, 0.29) is 60.7 Å². The van der Waals surface area contributed by atoms with E-state index in [1.165, 1.54) is 19.3 Å². The third kappa shape index (κ3) is 3.89. The Hall–Kier alpha value is -4.01. The molecule has 2 N–H and O–H groups in total. The molecule has 1 aromatic carbocycles. The number of ether oxygens (including phenoxy) is 1. The second kappa shape index (κ2) is 9.14. The van der Waals surface area contributed by atoms with Gasteiger partial charge in [-0.25, -0.2) is 0 Å². The molecule has 4 atom stereocenters. The van der Waals surface area contributed by atoms with E-state index in [4.69, 9.17) is 9.84 Å². The minimum Gasteiger partial charge on any atom is -0.504 e. The van der Waals surface area contributed by atoms with Gasteiger partial charge in [-0.1, -0.05) is 17.7 Å². The van der Waals surface area contributed by atoms with Gasteiger partial charge in [0.15, 0.2) is 23.1 Å². The predicted octanol–water partition coefficient (Wildman–Crippen LogP) is 2.70.